The van der Waals surface area contributed by atoms with Gasteiger partial charge in [0.2, 0.25) is 0 Å². The zero-order valence-electron chi connectivity index (χ0n) is 24.8. The van der Waals surface area contributed by atoms with E-state index >= 15 is 0 Å². The largest absolute Gasteiger partial charge is 0.497 e. The Kier molecular flexibility index (Phi) is 9.50. The van der Waals surface area contributed by atoms with Crippen molar-refractivity contribution in [1.82, 2.24) is 15.1 Å². The van der Waals surface area contributed by atoms with Gasteiger partial charge in [0.15, 0.2) is 0 Å². The summed E-state index contributed by atoms with van der Waals surface area (Å²) in [5.41, 5.74) is 4.90. The van der Waals surface area contributed by atoms with Crippen molar-refractivity contribution in [3.05, 3.63) is 101 Å². The molecule has 0 aliphatic carbocycles. The molecular formula is C35H34ClN3O5. The fraction of sp³-hybridized carbons (Fsp3) is 0.229. The number of hydrogen-bond acceptors (Lipinski definition) is 5. The number of nitrogens with zero attached hydrogens (tertiary/aromatic N) is 2. The molecule has 0 fully saturated rings. The smallest absolute Gasteiger partial charge is 0.305 e. The van der Waals surface area contributed by atoms with Crippen LogP contribution in [0.3, 0.4) is 0 Å². The quantitative estimate of drug-likeness (QED) is 0.150. The van der Waals surface area contributed by atoms with Gasteiger partial charge in [-0.05, 0) is 84.3 Å². The number of carboxylic acid groups (broad SMARTS) is 1. The monoisotopic (exact) mass is 611 g/mol. The molecule has 0 spiro atoms. The van der Waals surface area contributed by atoms with Crippen LogP contribution >= 0.6 is 11.6 Å². The third-order valence-corrected chi connectivity index (χ3v) is 7.64. The number of nitrogens with one attached hydrogen (secondary N) is 1. The van der Waals surface area contributed by atoms with Crippen LogP contribution in [0, 0.1) is 0 Å². The lowest BCUT2D eigenvalue weighted by atomic mass is 10.0. The van der Waals surface area contributed by atoms with Crippen LogP contribution in [0.1, 0.15) is 48.7 Å². The predicted molar refractivity (Wildman–Crippen MR) is 173 cm³/mol. The number of fused-ring (bicyclic) bond motifs is 1. The highest BCUT2D eigenvalue weighted by Crippen LogP contribution is 2.37. The van der Waals surface area contributed by atoms with Crippen LogP contribution < -0.4 is 14.8 Å². The van der Waals surface area contributed by atoms with E-state index in [1.54, 1.807) is 19.2 Å². The molecule has 5 rings (SSSR count). The summed E-state index contributed by atoms with van der Waals surface area (Å²) in [5, 5.41) is 19.3. The first-order valence-corrected chi connectivity index (χ1v) is 14.9. The maximum atomic E-state index is 12.5. The Bertz CT molecular complexity index is 1800. The Labute approximate surface area is 261 Å². The van der Waals surface area contributed by atoms with Crippen LogP contribution in [0.5, 0.6) is 11.5 Å². The molecule has 5 aromatic rings. The van der Waals surface area contributed by atoms with Crippen molar-refractivity contribution in [3.63, 3.8) is 0 Å². The average Bonchev–Trinajstić information content (AvgIpc) is 3.48. The van der Waals surface area contributed by atoms with Crippen molar-refractivity contribution in [2.75, 3.05) is 20.3 Å². The van der Waals surface area contributed by atoms with E-state index in [-0.39, 0.29) is 24.9 Å². The van der Waals surface area contributed by atoms with Crippen molar-refractivity contribution in [2.24, 2.45) is 0 Å². The highest BCUT2D eigenvalue weighted by atomic mass is 35.5. The van der Waals surface area contributed by atoms with Gasteiger partial charge in [-0.3, -0.25) is 14.3 Å². The maximum Gasteiger partial charge on any atom is 0.305 e. The summed E-state index contributed by atoms with van der Waals surface area (Å²) in [5.74, 6) is 0.194. The van der Waals surface area contributed by atoms with Gasteiger partial charge in [0, 0.05) is 28.3 Å². The summed E-state index contributed by atoms with van der Waals surface area (Å²) in [7, 11) is 1.66. The normalized spacial score (nSPS) is 11.7. The van der Waals surface area contributed by atoms with Crippen molar-refractivity contribution < 1.29 is 24.2 Å². The van der Waals surface area contributed by atoms with Crippen molar-refractivity contribution >= 4 is 34.2 Å². The molecule has 0 unspecified atom stereocenters. The van der Waals surface area contributed by atoms with E-state index in [9.17, 15) is 9.59 Å². The number of halogens is 1. The second-order valence-corrected chi connectivity index (χ2v) is 10.9. The SMILES string of the molecule is CCCOc1cc(Cl)ccc1-c1cc(-c2ccc3cc(OC)ccc3c2)n([C@@H](C)c2ccc(C(=O)NCCC(=O)O)cc2)n1. The minimum atomic E-state index is -0.961. The van der Waals surface area contributed by atoms with Crippen LogP contribution in [-0.2, 0) is 4.79 Å². The molecule has 4 aromatic carbocycles. The van der Waals surface area contributed by atoms with E-state index in [1.807, 2.05) is 53.2 Å². The third-order valence-electron chi connectivity index (χ3n) is 7.41. The lowest BCUT2D eigenvalue weighted by Gasteiger charge is -2.17. The van der Waals surface area contributed by atoms with Crippen LogP contribution in [0.15, 0.2) is 84.9 Å². The molecule has 0 bridgehead atoms. The minimum Gasteiger partial charge on any atom is -0.497 e. The molecule has 0 aliphatic heterocycles. The van der Waals surface area contributed by atoms with Gasteiger partial charge in [0.25, 0.3) is 5.91 Å². The van der Waals surface area contributed by atoms with Crippen LogP contribution in [0.2, 0.25) is 5.02 Å². The number of benzene rings is 4. The first-order chi connectivity index (χ1) is 21.3. The van der Waals surface area contributed by atoms with E-state index in [0.29, 0.717) is 22.9 Å². The van der Waals surface area contributed by atoms with Crippen molar-refractivity contribution in [1.29, 1.82) is 0 Å². The Morgan fingerprint density at radius 1 is 0.977 bits per heavy atom. The van der Waals surface area contributed by atoms with Gasteiger partial charge < -0.3 is 19.9 Å². The molecule has 0 saturated carbocycles. The highest BCUT2D eigenvalue weighted by molar-refractivity contribution is 6.30. The zero-order chi connectivity index (χ0) is 31.2. The summed E-state index contributed by atoms with van der Waals surface area (Å²) >= 11 is 6.33. The van der Waals surface area contributed by atoms with E-state index < -0.39 is 5.97 Å². The molecule has 44 heavy (non-hydrogen) atoms. The van der Waals surface area contributed by atoms with Gasteiger partial charge in [-0.25, -0.2) is 0 Å². The molecule has 226 valence electrons. The lowest BCUT2D eigenvalue weighted by molar-refractivity contribution is -0.136. The molecule has 0 radical (unpaired) electrons. The fourth-order valence-electron chi connectivity index (χ4n) is 5.03. The summed E-state index contributed by atoms with van der Waals surface area (Å²) in [6.07, 6.45) is 0.727. The number of aromatic nitrogens is 2. The highest BCUT2D eigenvalue weighted by Gasteiger charge is 2.20. The summed E-state index contributed by atoms with van der Waals surface area (Å²) in [6.45, 7) is 4.74. The third kappa shape index (κ3) is 6.87. The Morgan fingerprint density at radius 2 is 1.73 bits per heavy atom. The molecule has 2 N–H and O–H groups in total. The molecule has 0 saturated heterocycles. The van der Waals surface area contributed by atoms with Gasteiger partial charge in [-0.1, -0.05) is 48.9 Å². The number of amides is 1. The topological polar surface area (TPSA) is 103 Å². The molecule has 9 heteroatoms. The van der Waals surface area contributed by atoms with Crippen LogP contribution in [0.4, 0.5) is 0 Å². The van der Waals surface area contributed by atoms with Crippen LogP contribution in [-0.4, -0.2) is 47.0 Å². The first-order valence-electron chi connectivity index (χ1n) is 14.5. The molecule has 8 nitrogen and oxygen atoms in total. The summed E-state index contributed by atoms with van der Waals surface area (Å²) < 4.78 is 13.5. The van der Waals surface area contributed by atoms with Crippen molar-refractivity contribution in [3.8, 4) is 34.0 Å². The Hall–Kier alpha value is -4.82. The number of methoxy groups -OCH3 is 1. The average molecular weight is 612 g/mol. The second-order valence-electron chi connectivity index (χ2n) is 10.5. The number of carboxylic acids is 1. The van der Waals surface area contributed by atoms with Gasteiger partial charge >= 0.3 is 5.97 Å². The fourth-order valence-corrected chi connectivity index (χ4v) is 5.19. The molecule has 0 aliphatic rings. The summed E-state index contributed by atoms with van der Waals surface area (Å²) in [4.78, 5) is 23.3. The number of rotatable bonds is 12. The van der Waals surface area contributed by atoms with Gasteiger partial charge in [0.05, 0.1) is 37.6 Å². The van der Waals surface area contributed by atoms with Gasteiger partial charge in [-0.15, -0.1) is 0 Å². The number of hydrogen-bond donors (Lipinski definition) is 2. The van der Waals surface area contributed by atoms with E-state index in [4.69, 9.17) is 31.3 Å². The molecule has 1 aromatic heterocycles. The molecule has 1 heterocycles. The Morgan fingerprint density at radius 3 is 2.45 bits per heavy atom. The maximum absolute atomic E-state index is 12.5. The molecular weight excluding hydrogens is 578 g/mol. The number of carbonyl (C=O) groups excluding carboxylic acids is 1. The van der Waals surface area contributed by atoms with E-state index in [0.717, 1.165) is 51.0 Å². The van der Waals surface area contributed by atoms with E-state index in [2.05, 4.69) is 43.4 Å². The predicted octanol–water partition coefficient (Wildman–Crippen LogP) is 7.63. The molecule has 1 atom stereocenters. The number of carbonyl (C=O) groups is 2. The molecule has 1 amide bonds. The summed E-state index contributed by atoms with van der Waals surface area (Å²) in [6, 6.07) is 27.0. The number of ether oxygens (including phenoxy) is 2. The second kappa shape index (κ2) is 13.7. The van der Waals surface area contributed by atoms with Crippen molar-refractivity contribution in [2.45, 2.75) is 32.7 Å². The number of aliphatic carboxylic acids is 1. The Balaban J connectivity index is 1.55. The standard InChI is InChI=1S/C35H34ClN3O5/c1-4-17-44-33-20-28(36)12-14-30(33)31-21-32(27-10-9-26-19-29(43-3)13-11-25(26)18-27)39(38-31)22(2)23-5-7-24(8-6-23)35(42)37-16-15-34(40)41/h5-14,18-22H,4,15-17H2,1-3H3,(H,37,42)(H,40,41)/t22-/m0/s1. The lowest BCUT2D eigenvalue weighted by Crippen LogP contribution is -2.26. The zero-order valence-corrected chi connectivity index (χ0v) is 25.6. The van der Waals surface area contributed by atoms with E-state index in [1.165, 1.54) is 0 Å². The minimum absolute atomic E-state index is 0.0684. The van der Waals surface area contributed by atoms with Gasteiger partial charge in [0.1, 0.15) is 11.5 Å². The van der Waals surface area contributed by atoms with Gasteiger partial charge in [-0.2, -0.15) is 5.10 Å². The van der Waals surface area contributed by atoms with Crippen LogP contribution in [0.25, 0.3) is 33.3 Å². The first kappa shape index (κ1) is 30.6.